The van der Waals surface area contributed by atoms with E-state index in [1.807, 2.05) is 6.08 Å². The zero-order chi connectivity index (χ0) is 7.56. The molecule has 0 aromatic carbocycles. The highest BCUT2D eigenvalue weighted by atomic mass is 16.3. The van der Waals surface area contributed by atoms with Crippen LogP contribution in [0.5, 0.6) is 0 Å². The maximum absolute atomic E-state index is 9.45. The Morgan fingerprint density at radius 1 is 1.50 bits per heavy atom. The molecule has 1 rings (SSSR count). The van der Waals surface area contributed by atoms with E-state index in [4.69, 9.17) is 0 Å². The third kappa shape index (κ3) is 1.60. The Labute approximate surface area is 62.8 Å². The summed E-state index contributed by atoms with van der Waals surface area (Å²) < 4.78 is 0. The van der Waals surface area contributed by atoms with Crippen molar-refractivity contribution in [1.82, 2.24) is 0 Å². The van der Waals surface area contributed by atoms with Crippen LogP contribution in [0.3, 0.4) is 0 Å². The van der Waals surface area contributed by atoms with Gasteiger partial charge in [-0.15, -0.1) is 0 Å². The highest BCUT2D eigenvalue weighted by Gasteiger charge is 2.21. The minimum Gasteiger partial charge on any atom is -0.389 e. The molecule has 2 atom stereocenters. The number of hydrogen-bond donors (Lipinski definition) is 1. The van der Waals surface area contributed by atoms with Crippen molar-refractivity contribution >= 4 is 0 Å². The maximum atomic E-state index is 9.45. The molecular formula is C9H16O. The summed E-state index contributed by atoms with van der Waals surface area (Å²) >= 11 is 0. The molecule has 0 radical (unpaired) electrons. The predicted octanol–water partition coefficient (Wildman–Crippen LogP) is 1.97. The molecule has 0 bridgehead atoms. The summed E-state index contributed by atoms with van der Waals surface area (Å²) in [4.78, 5) is 0. The van der Waals surface area contributed by atoms with Gasteiger partial charge < -0.3 is 5.11 Å². The molecule has 1 aliphatic carbocycles. The van der Waals surface area contributed by atoms with Crippen molar-refractivity contribution in [3.63, 3.8) is 0 Å². The Morgan fingerprint density at radius 3 is 2.60 bits per heavy atom. The molecule has 1 heteroatoms. The lowest BCUT2D eigenvalue weighted by Gasteiger charge is -2.26. The van der Waals surface area contributed by atoms with Crippen LogP contribution >= 0.6 is 0 Å². The van der Waals surface area contributed by atoms with Gasteiger partial charge in [0.25, 0.3) is 0 Å². The Morgan fingerprint density at radius 2 is 2.20 bits per heavy atom. The van der Waals surface area contributed by atoms with Crippen LogP contribution in [0.25, 0.3) is 0 Å². The van der Waals surface area contributed by atoms with E-state index in [2.05, 4.69) is 19.9 Å². The fraction of sp³-hybridized carbons (Fsp3) is 0.778. The van der Waals surface area contributed by atoms with E-state index in [9.17, 15) is 5.11 Å². The van der Waals surface area contributed by atoms with E-state index in [0.29, 0.717) is 11.8 Å². The quantitative estimate of drug-likeness (QED) is 0.552. The number of aliphatic hydroxyl groups is 1. The van der Waals surface area contributed by atoms with Gasteiger partial charge in [-0.05, 0) is 24.7 Å². The molecule has 10 heavy (non-hydrogen) atoms. The Balaban J connectivity index is 2.52. The lowest BCUT2D eigenvalue weighted by atomic mass is 9.83. The Hall–Kier alpha value is -0.300. The molecule has 1 aliphatic rings. The first-order valence-electron chi connectivity index (χ1n) is 4.06. The average molecular weight is 140 g/mol. The number of aliphatic hydroxyl groups excluding tert-OH is 1. The van der Waals surface area contributed by atoms with Gasteiger partial charge in [0, 0.05) is 0 Å². The summed E-state index contributed by atoms with van der Waals surface area (Å²) in [6.45, 7) is 4.35. The first-order chi connectivity index (χ1) is 4.72. The molecule has 1 N–H and O–H groups in total. The van der Waals surface area contributed by atoms with Crippen molar-refractivity contribution in [3.05, 3.63) is 12.2 Å². The second-order valence-corrected chi connectivity index (χ2v) is 3.40. The van der Waals surface area contributed by atoms with Crippen molar-refractivity contribution in [3.8, 4) is 0 Å². The molecular weight excluding hydrogens is 124 g/mol. The fourth-order valence-corrected chi connectivity index (χ4v) is 1.57. The third-order valence-electron chi connectivity index (χ3n) is 2.29. The van der Waals surface area contributed by atoms with Crippen molar-refractivity contribution in [1.29, 1.82) is 0 Å². The summed E-state index contributed by atoms with van der Waals surface area (Å²) in [7, 11) is 0. The van der Waals surface area contributed by atoms with Gasteiger partial charge in [-0.2, -0.15) is 0 Å². The molecule has 0 saturated carbocycles. The normalized spacial score (nSPS) is 33.2. The second-order valence-electron chi connectivity index (χ2n) is 3.40. The zero-order valence-electron chi connectivity index (χ0n) is 6.75. The molecule has 0 heterocycles. The first-order valence-corrected chi connectivity index (χ1v) is 4.06. The van der Waals surface area contributed by atoms with Gasteiger partial charge in [-0.25, -0.2) is 0 Å². The van der Waals surface area contributed by atoms with Crippen molar-refractivity contribution in [2.75, 3.05) is 0 Å². The van der Waals surface area contributed by atoms with Crippen LogP contribution in [0.2, 0.25) is 0 Å². The van der Waals surface area contributed by atoms with Gasteiger partial charge in [-0.1, -0.05) is 26.0 Å². The molecule has 58 valence electrons. The van der Waals surface area contributed by atoms with E-state index in [0.717, 1.165) is 12.8 Å². The monoisotopic (exact) mass is 140 g/mol. The van der Waals surface area contributed by atoms with E-state index in [-0.39, 0.29) is 6.10 Å². The lowest BCUT2D eigenvalue weighted by Crippen LogP contribution is -2.25. The second kappa shape index (κ2) is 3.20. The largest absolute Gasteiger partial charge is 0.389 e. The standard InChI is InChI=1S/C9H16O/c1-7(2)8-5-3-4-6-9(8)10/h4,6-10H,3,5H2,1-2H3/t8-,9-/m1/s1. The predicted molar refractivity (Wildman–Crippen MR) is 42.7 cm³/mol. The molecule has 0 unspecified atom stereocenters. The molecule has 0 fully saturated rings. The van der Waals surface area contributed by atoms with Gasteiger partial charge >= 0.3 is 0 Å². The van der Waals surface area contributed by atoms with Gasteiger partial charge in [0.05, 0.1) is 6.10 Å². The molecule has 0 saturated heterocycles. The number of hydrogen-bond acceptors (Lipinski definition) is 1. The Bertz CT molecular complexity index is 127. The molecule has 0 aliphatic heterocycles. The summed E-state index contributed by atoms with van der Waals surface area (Å²) in [5, 5.41) is 9.45. The number of rotatable bonds is 1. The maximum Gasteiger partial charge on any atom is 0.0751 e. The first kappa shape index (κ1) is 7.80. The van der Waals surface area contributed by atoms with Gasteiger partial charge in [0.2, 0.25) is 0 Å². The van der Waals surface area contributed by atoms with Gasteiger partial charge in [-0.3, -0.25) is 0 Å². The topological polar surface area (TPSA) is 20.2 Å². The summed E-state index contributed by atoms with van der Waals surface area (Å²) in [5.74, 6) is 1.10. The van der Waals surface area contributed by atoms with Crippen molar-refractivity contribution in [2.45, 2.75) is 32.8 Å². The van der Waals surface area contributed by atoms with E-state index >= 15 is 0 Å². The molecule has 1 nitrogen and oxygen atoms in total. The molecule has 0 aromatic rings. The lowest BCUT2D eigenvalue weighted by molar-refractivity contribution is 0.110. The summed E-state index contributed by atoms with van der Waals surface area (Å²) in [6.07, 6.45) is 6.10. The SMILES string of the molecule is CC(C)[C@H]1CCC=C[C@H]1O. The van der Waals surface area contributed by atoms with Crippen LogP contribution in [0.15, 0.2) is 12.2 Å². The van der Waals surface area contributed by atoms with Crippen molar-refractivity contribution in [2.24, 2.45) is 11.8 Å². The molecule has 0 aromatic heterocycles. The third-order valence-corrected chi connectivity index (χ3v) is 2.29. The van der Waals surface area contributed by atoms with E-state index < -0.39 is 0 Å². The minimum absolute atomic E-state index is 0.186. The van der Waals surface area contributed by atoms with Gasteiger partial charge in [0.1, 0.15) is 0 Å². The fourth-order valence-electron chi connectivity index (χ4n) is 1.57. The highest BCUT2D eigenvalue weighted by molar-refractivity contribution is 4.98. The molecule has 0 spiro atoms. The number of allylic oxidation sites excluding steroid dienone is 1. The zero-order valence-corrected chi connectivity index (χ0v) is 6.75. The van der Waals surface area contributed by atoms with Gasteiger partial charge in [0.15, 0.2) is 0 Å². The van der Waals surface area contributed by atoms with Crippen LogP contribution in [-0.2, 0) is 0 Å². The van der Waals surface area contributed by atoms with E-state index in [1.54, 1.807) is 0 Å². The summed E-state index contributed by atoms with van der Waals surface area (Å²) in [5.41, 5.74) is 0. The van der Waals surface area contributed by atoms with Crippen molar-refractivity contribution < 1.29 is 5.11 Å². The molecule has 0 amide bonds. The minimum atomic E-state index is -0.186. The average Bonchev–Trinajstić information content (AvgIpc) is 1.88. The van der Waals surface area contributed by atoms with Crippen LogP contribution in [0, 0.1) is 11.8 Å². The van der Waals surface area contributed by atoms with Crippen LogP contribution in [-0.4, -0.2) is 11.2 Å². The van der Waals surface area contributed by atoms with Crippen LogP contribution in [0.4, 0.5) is 0 Å². The highest BCUT2D eigenvalue weighted by Crippen LogP contribution is 2.25. The van der Waals surface area contributed by atoms with Crippen LogP contribution in [0.1, 0.15) is 26.7 Å². The van der Waals surface area contributed by atoms with E-state index in [1.165, 1.54) is 0 Å². The summed E-state index contributed by atoms with van der Waals surface area (Å²) in [6, 6.07) is 0. The Kier molecular flexibility index (Phi) is 2.50. The smallest absolute Gasteiger partial charge is 0.0751 e. The van der Waals surface area contributed by atoms with Crippen LogP contribution < -0.4 is 0 Å².